The molecule has 0 spiro atoms. The number of amides is 1. The molecule has 0 unspecified atom stereocenters. The van der Waals surface area contributed by atoms with Crippen LogP contribution in [0.3, 0.4) is 0 Å². The van der Waals surface area contributed by atoms with Crippen molar-refractivity contribution in [2.24, 2.45) is 0 Å². The lowest BCUT2D eigenvalue weighted by Crippen LogP contribution is -2.37. The molecule has 9 nitrogen and oxygen atoms in total. The van der Waals surface area contributed by atoms with E-state index in [4.69, 9.17) is 4.74 Å². The number of nitrogens with one attached hydrogen (secondary N) is 1. The largest absolute Gasteiger partial charge is 0.506 e. The number of nitrogens with zero attached hydrogens (tertiary/aromatic N) is 2. The number of hydrogen-bond acceptors (Lipinski definition) is 8. The van der Waals surface area contributed by atoms with Gasteiger partial charge in [0.1, 0.15) is 0 Å². The highest BCUT2D eigenvalue weighted by Crippen LogP contribution is 2.37. The van der Waals surface area contributed by atoms with Crippen LogP contribution in [0.2, 0.25) is 0 Å². The van der Waals surface area contributed by atoms with Crippen LogP contribution in [-0.4, -0.2) is 44.0 Å². The molecule has 11 heteroatoms. The number of benzene rings is 1. The Morgan fingerprint density at radius 3 is 2.75 bits per heavy atom. The number of ether oxygens (including phenoxy) is 1. The standard InChI is InChI=1S/C17H17N3O6S2/c1-3-26-13(21)8-10-9-27-17(18-10)19-16(23)15-14(22)11-6-4-5-7-12(11)20(2)28(15,24)25/h4-7,9,22H,3,8H2,1-2H3,(H,18,19,23). The number of carbonyl (C=O) groups excluding carboxylic acids is 2. The number of sulfonamides is 1. The number of fused-ring (bicyclic) bond motifs is 1. The summed E-state index contributed by atoms with van der Waals surface area (Å²) in [6.07, 6.45) is -0.0669. The Bertz CT molecular complexity index is 1070. The van der Waals surface area contributed by atoms with Crippen LogP contribution in [0, 0.1) is 0 Å². The molecule has 28 heavy (non-hydrogen) atoms. The first-order valence-corrected chi connectivity index (χ1v) is 10.5. The number of thiazole rings is 1. The molecule has 148 valence electrons. The van der Waals surface area contributed by atoms with Crippen LogP contribution >= 0.6 is 11.3 Å². The maximum absolute atomic E-state index is 12.7. The summed E-state index contributed by atoms with van der Waals surface area (Å²) in [6.45, 7) is 1.93. The van der Waals surface area contributed by atoms with E-state index in [0.29, 0.717) is 5.69 Å². The van der Waals surface area contributed by atoms with E-state index >= 15 is 0 Å². The van der Waals surface area contributed by atoms with Crippen molar-refractivity contribution in [1.29, 1.82) is 0 Å². The highest BCUT2D eigenvalue weighted by atomic mass is 32.2. The third-order valence-corrected chi connectivity index (χ3v) is 6.56. The predicted octanol–water partition coefficient (Wildman–Crippen LogP) is 1.89. The topological polar surface area (TPSA) is 126 Å². The van der Waals surface area contributed by atoms with E-state index in [0.717, 1.165) is 15.6 Å². The summed E-state index contributed by atoms with van der Waals surface area (Å²) in [5, 5.41) is 14.5. The smallest absolute Gasteiger partial charge is 0.311 e. The van der Waals surface area contributed by atoms with E-state index in [1.807, 2.05) is 0 Å². The van der Waals surface area contributed by atoms with Gasteiger partial charge in [-0.3, -0.25) is 19.2 Å². The number of aromatic nitrogens is 1. The monoisotopic (exact) mass is 423 g/mol. The minimum absolute atomic E-state index is 0.0669. The van der Waals surface area contributed by atoms with Crippen molar-refractivity contribution >= 4 is 49.8 Å². The maximum atomic E-state index is 12.7. The molecular formula is C17H17N3O6S2. The molecule has 0 saturated carbocycles. The SMILES string of the molecule is CCOC(=O)Cc1csc(NC(=O)C2=C(O)c3ccccc3N(C)S2(=O)=O)n1. The Hall–Kier alpha value is -2.92. The number of hydrogen-bond donors (Lipinski definition) is 2. The normalized spacial score (nSPS) is 15.1. The Morgan fingerprint density at radius 1 is 1.32 bits per heavy atom. The van der Waals surface area contributed by atoms with Crippen molar-refractivity contribution in [2.75, 3.05) is 23.3 Å². The Labute approximate surface area is 165 Å². The van der Waals surface area contributed by atoms with Crippen molar-refractivity contribution < 1.29 is 27.9 Å². The van der Waals surface area contributed by atoms with Gasteiger partial charge < -0.3 is 9.84 Å². The van der Waals surface area contributed by atoms with Gasteiger partial charge in [-0.15, -0.1) is 11.3 Å². The highest BCUT2D eigenvalue weighted by Gasteiger charge is 2.39. The number of rotatable bonds is 5. The second-order valence-corrected chi connectivity index (χ2v) is 8.51. The molecular weight excluding hydrogens is 406 g/mol. The minimum atomic E-state index is -4.25. The van der Waals surface area contributed by atoms with Crippen LogP contribution < -0.4 is 9.62 Å². The molecule has 0 saturated heterocycles. The van der Waals surface area contributed by atoms with Crippen molar-refractivity contribution in [3.05, 3.63) is 45.8 Å². The molecule has 0 bridgehead atoms. The van der Waals surface area contributed by atoms with E-state index in [1.54, 1.807) is 24.4 Å². The molecule has 1 amide bonds. The number of carbonyl (C=O) groups is 2. The highest BCUT2D eigenvalue weighted by molar-refractivity contribution is 7.97. The number of para-hydroxylation sites is 1. The number of anilines is 2. The van der Waals surface area contributed by atoms with Crippen LogP contribution in [0.1, 0.15) is 18.2 Å². The van der Waals surface area contributed by atoms with Crippen molar-refractivity contribution in [3.8, 4) is 0 Å². The first kappa shape index (κ1) is 19.8. The summed E-state index contributed by atoms with van der Waals surface area (Å²) in [7, 11) is -2.95. The van der Waals surface area contributed by atoms with Gasteiger partial charge in [0.15, 0.2) is 15.8 Å². The Balaban J connectivity index is 1.88. The van der Waals surface area contributed by atoms with Gasteiger partial charge in [-0.05, 0) is 19.1 Å². The molecule has 1 aliphatic rings. The summed E-state index contributed by atoms with van der Waals surface area (Å²) in [5.41, 5.74) is 0.876. The summed E-state index contributed by atoms with van der Waals surface area (Å²) in [6, 6.07) is 6.30. The zero-order valence-corrected chi connectivity index (χ0v) is 16.6. The van der Waals surface area contributed by atoms with Gasteiger partial charge in [0, 0.05) is 18.0 Å². The van der Waals surface area contributed by atoms with Gasteiger partial charge >= 0.3 is 5.97 Å². The molecule has 1 aliphatic heterocycles. The van der Waals surface area contributed by atoms with E-state index < -0.39 is 32.6 Å². The summed E-state index contributed by atoms with van der Waals surface area (Å²) >= 11 is 1.03. The van der Waals surface area contributed by atoms with E-state index in [2.05, 4.69) is 10.3 Å². The Morgan fingerprint density at radius 2 is 2.04 bits per heavy atom. The first-order valence-electron chi connectivity index (χ1n) is 8.18. The second-order valence-electron chi connectivity index (χ2n) is 5.75. The summed E-state index contributed by atoms with van der Waals surface area (Å²) < 4.78 is 31.2. The molecule has 0 atom stereocenters. The van der Waals surface area contributed by atoms with Gasteiger partial charge in [-0.2, -0.15) is 0 Å². The lowest BCUT2D eigenvalue weighted by Gasteiger charge is -2.28. The van der Waals surface area contributed by atoms with Gasteiger partial charge in [0.05, 0.1) is 24.4 Å². The quantitative estimate of drug-likeness (QED) is 0.703. The maximum Gasteiger partial charge on any atom is 0.311 e. The fourth-order valence-corrected chi connectivity index (χ4v) is 4.68. The average molecular weight is 423 g/mol. The molecule has 0 aliphatic carbocycles. The minimum Gasteiger partial charge on any atom is -0.506 e. The molecule has 3 rings (SSSR count). The lowest BCUT2D eigenvalue weighted by atomic mass is 10.1. The van der Waals surface area contributed by atoms with Crippen molar-refractivity contribution in [2.45, 2.75) is 13.3 Å². The molecule has 2 heterocycles. The summed E-state index contributed by atoms with van der Waals surface area (Å²) in [5.74, 6) is -2.11. The van der Waals surface area contributed by atoms with Crippen molar-refractivity contribution in [1.82, 2.24) is 4.98 Å². The van der Waals surface area contributed by atoms with Crippen LogP contribution in [-0.2, 0) is 30.8 Å². The summed E-state index contributed by atoms with van der Waals surface area (Å²) in [4.78, 5) is 27.4. The van der Waals surface area contributed by atoms with Crippen LogP contribution in [0.25, 0.3) is 5.76 Å². The van der Waals surface area contributed by atoms with Gasteiger partial charge in [-0.1, -0.05) is 12.1 Å². The van der Waals surface area contributed by atoms with Crippen molar-refractivity contribution in [3.63, 3.8) is 0 Å². The zero-order chi connectivity index (χ0) is 20.5. The molecule has 2 aromatic rings. The molecule has 1 aromatic heterocycles. The van der Waals surface area contributed by atoms with E-state index in [9.17, 15) is 23.1 Å². The van der Waals surface area contributed by atoms with Gasteiger partial charge in [0.2, 0.25) is 0 Å². The Kier molecular flexibility index (Phi) is 5.38. The second kappa shape index (κ2) is 7.60. The van der Waals surface area contributed by atoms with Crippen LogP contribution in [0.5, 0.6) is 0 Å². The van der Waals surface area contributed by atoms with Gasteiger partial charge in [0.25, 0.3) is 15.9 Å². The molecule has 1 aromatic carbocycles. The molecule has 0 fully saturated rings. The number of aliphatic hydroxyl groups excluding tert-OH is 1. The predicted molar refractivity (Wildman–Crippen MR) is 104 cm³/mol. The van der Waals surface area contributed by atoms with Gasteiger partial charge in [-0.25, -0.2) is 13.4 Å². The third kappa shape index (κ3) is 3.58. The van der Waals surface area contributed by atoms with Crippen LogP contribution in [0.4, 0.5) is 10.8 Å². The zero-order valence-electron chi connectivity index (χ0n) is 15.0. The van der Waals surface area contributed by atoms with Crippen LogP contribution in [0.15, 0.2) is 34.6 Å². The first-order chi connectivity index (χ1) is 13.3. The average Bonchev–Trinajstić information content (AvgIpc) is 3.06. The third-order valence-electron chi connectivity index (χ3n) is 3.94. The van der Waals surface area contributed by atoms with E-state index in [-0.39, 0.29) is 29.4 Å². The fraction of sp³-hybridized carbons (Fsp3) is 0.235. The van der Waals surface area contributed by atoms with E-state index in [1.165, 1.54) is 19.2 Å². The fourth-order valence-electron chi connectivity index (χ4n) is 2.64. The number of esters is 1. The molecule has 2 N–H and O–H groups in total. The molecule has 0 radical (unpaired) electrons. The number of aliphatic hydroxyl groups is 1. The lowest BCUT2D eigenvalue weighted by molar-refractivity contribution is -0.142.